The molecule has 1 aromatic heterocycles. The maximum Gasteiger partial charge on any atom is 0.271 e. The van der Waals surface area contributed by atoms with Crippen molar-refractivity contribution in [1.82, 2.24) is 5.43 Å². The van der Waals surface area contributed by atoms with Crippen molar-refractivity contribution in [2.24, 2.45) is 5.10 Å². The van der Waals surface area contributed by atoms with Crippen LogP contribution >= 0.6 is 15.9 Å². The normalized spacial score (nSPS) is 10.7. The van der Waals surface area contributed by atoms with Gasteiger partial charge in [0.2, 0.25) is 5.88 Å². The highest BCUT2D eigenvalue weighted by atomic mass is 79.9. The van der Waals surface area contributed by atoms with E-state index in [1.165, 1.54) is 30.5 Å². The highest BCUT2D eigenvalue weighted by Crippen LogP contribution is 2.27. The molecule has 2 aromatic rings. The van der Waals surface area contributed by atoms with Gasteiger partial charge < -0.3 is 9.32 Å². The average molecular weight is 381 g/mol. The molecule has 0 fully saturated rings. The van der Waals surface area contributed by atoms with Crippen molar-refractivity contribution in [2.75, 3.05) is 19.0 Å². The summed E-state index contributed by atoms with van der Waals surface area (Å²) in [7, 11) is 3.67. The number of nitrogens with one attached hydrogen (secondary N) is 1. The fraction of sp³-hybridized carbons (Fsp3) is 0.143. The average Bonchev–Trinajstić information content (AvgIpc) is 2.88. The van der Waals surface area contributed by atoms with Gasteiger partial charge in [-0.1, -0.05) is 0 Å². The summed E-state index contributed by atoms with van der Waals surface area (Å²) in [4.78, 5) is 23.7. The Morgan fingerprint density at radius 1 is 1.39 bits per heavy atom. The number of benzene rings is 1. The zero-order valence-electron chi connectivity index (χ0n) is 12.3. The number of non-ortho nitro benzene ring substituents is 1. The number of halogens is 1. The summed E-state index contributed by atoms with van der Waals surface area (Å²) in [6.45, 7) is 0. The van der Waals surface area contributed by atoms with E-state index in [9.17, 15) is 14.9 Å². The Morgan fingerprint density at radius 3 is 2.57 bits per heavy atom. The first-order valence-electron chi connectivity index (χ1n) is 6.43. The van der Waals surface area contributed by atoms with E-state index in [1.807, 2.05) is 14.1 Å². The van der Waals surface area contributed by atoms with Gasteiger partial charge >= 0.3 is 0 Å². The minimum absolute atomic E-state index is 0.0818. The van der Waals surface area contributed by atoms with Gasteiger partial charge in [-0.15, -0.1) is 0 Å². The summed E-state index contributed by atoms with van der Waals surface area (Å²) in [6, 6.07) is 6.95. The van der Waals surface area contributed by atoms with Crippen LogP contribution in [-0.4, -0.2) is 31.1 Å². The number of hydrogen-bond acceptors (Lipinski definition) is 6. The van der Waals surface area contributed by atoms with Crippen molar-refractivity contribution in [1.29, 1.82) is 0 Å². The lowest BCUT2D eigenvalue weighted by Gasteiger charge is -2.07. The van der Waals surface area contributed by atoms with Crippen LogP contribution in [0, 0.1) is 10.1 Å². The fourth-order valence-electron chi connectivity index (χ4n) is 1.70. The van der Waals surface area contributed by atoms with Crippen LogP contribution in [0.1, 0.15) is 16.1 Å². The third-order valence-corrected chi connectivity index (χ3v) is 3.36. The third-order valence-electron chi connectivity index (χ3n) is 2.79. The first kappa shape index (κ1) is 16.7. The Kier molecular flexibility index (Phi) is 5.12. The van der Waals surface area contributed by atoms with Crippen molar-refractivity contribution < 1.29 is 14.1 Å². The number of carbonyl (C=O) groups excluding carboxylic acids is 1. The van der Waals surface area contributed by atoms with E-state index in [0.717, 1.165) is 4.47 Å². The molecule has 0 bridgehead atoms. The molecule has 0 saturated carbocycles. The largest absolute Gasteiger partial charge is 0.438 e. The van der Waals surface area contributed by atoms with Crippen LogP contribution in [-0.2, 0) is 0 Å². The summed E-state index contributed by atoms with van der Waals surface area (Å²) < 4.78 is 6.28. The molecular weight excluding hydrogens is 368 g/mol. The molecule has 0 spiro atoms. The second-order valence-corrected chi connectivity index (χ2v) is 5.55. The Morgan fingerprint density at radius 2 is 2.04 bits per heavy atom. The summed E-state index contributed by atoms with van der Waals surface area (Å²) in [5.74, 6) is 0.618. The van der Waals surface area contributed by atoms with Crippen LogP contribution in [0.2, 0.25) is 0 Å². The van der Waals surface area contributed by atoms with Gasteiger partial charge in [0, 0.05) is 37.9 Å². The van der Waals surface area contributed by atoms with Gasteiger partial charge in [0.05, 0.1) is 15.6 Å². The molecule has 1 N–H and O–H groups in total. The summed E-state index contributed by atoms with van der Waals surface area (Å²) >= 11 is 3.35. The Hall–Kier alpha value is -2.68. The second-order valence-electron chi connectivity index (χ2n) is 4.70. The summed E-state index contributed by atoms with van der Waals surface area (Å²) in [5, 5.41) is 14.3. The van der Waals surface area contributed by atoms with Crippen molar-refractivity contribution in [3.63, 3.8) is 0 Å². The van der Waals surface area contributed by atoms with Crippen LogP contribution in [0.25, 0.3) is 0 Å². The maximum absolute atomic E-state index is 11.9. The number of nitro groups is 1. The molecule has 8 nitrogen and oxygen atoms in total. The van der Waals surface area contributed by atoms with E-state index in [-0.39, 0.29) is 11.3 Å². The van der Waals surface area contributed by atoms with Crippen molar-refractivity contribution >= 4 is 39.6 Å². The Labute approximate surface area is 140 Å². The van der Waals surface area contributed by atoms with E-state index in [1.54, 1.807) is 11.0 Å². The topological polar surface area (TPSA) is 101 Å². The first-order valence-corrected chi connectivity index (χ1v) is 7.22. The Bertz CT molecular complexity index is 753. The van der Waals surface area contributed by atoms with Crippen LogP contribution in [0.3, 0.4) is 0 Å². The quantitative estimate of drug-likeness (QED) is 0.488. The molecule has 120 valence electrons. The highest BCUT2D eigenvalue weighted by molar-refractivity contribution is 9.10. The van der Waals surface area contributed by atoms with Gasteiger partial charge in [-0.05, 0) is 28.1 Å². The highest BCUT2D eigenvalue weighted by Gasteiger charge is 2.10. The number of nitrogens with zero attached hydrogens (tertiary/aromatic N) is 3. The summed E-state index contributed by atoms with van der Waals surface area (Å²) in [6.07, 6.45) is 1.36. The van der Waals surface area contributed by atoms with E-state index < -0.39 is 10.8 Å². The lowest BCUT2D eigenvalue weighted by molar-refractivity contribution is -0.384. The molecule has 0 aliphatic heterocycles. The number of furan rings is 1. The van der Waals surface area contributed by atoms with Gasteiger partial charge in [-0.25, -0.2) is 5.43 Å². The molecule has 0 saturated heterocycles. The standard InChI is InChI=1S/C14H13BrN4O4/c1-18(2)14-12(15)7-11(23-14)8-16-17-13(20)9-3-5-10(6-4-9)19(21)22/h3-8H,1-2H3,(H,17,20). The minimum atomic E-state index is -0.531. The molecular formula is C14H13BrN4O4. The molecule has 0 unspecified atom stereocenters. The molecule has 23 heavy (non-hydrogen) atoms. The molecule has 0 radical (unpaired) electrons. The molecule has 1 aromatic carbocycles. The van der Waals surface area contributed by atoms with E-state index >= 15 is 0 Å². The molecule has 9 heteroatoms. The predicted molar refractivity (Wildman–Crippen MR) is 88.9 cm³/mol. The zero-order chi connectivity index (χ0) is 17.0. The van der Waals surface area contributed by atoms with Gasteiger partial charge in [0.25, 0.3) is 11.6 Å². The van der Waals surface area contributed by atoms with Crippen molar-refractivity contribution in [2.45, 2.75) is 0 Å². The maximum atomic E-state index is 11.9. The van der Waals surface area contributed by atoms with E-state index in [0.29, 0.717) is 11.6 Å². The summed E-state index contributed by atoms with van der Waals surface area (Å²) in [5.41, 5.74) is 2.51. The fourth-order valence-corrected chi connectivity index (χ4v) is 2.36. The molecule has 0 aliphatic carbocycles. The van der Waals surface area contributed by atoms with Crippen LogP contribution in [0.4, 0.5) is 11.6 Å². The molecule has 0 atom stereocenters. The number of amides is 1. The molecule has 0 aliphatic rings. The number of hydrazone groups is 1. The van der Waals surface area contributed by atoms with Gasteiger partial charge in [0.15, 0.2) is 5.76 Å². The Balaban J connectivity index is 2.01. The second kappa shape index (κ2) is 7.05. The lowest BCUT2D eigenvalue weighted by atomic mass is 10.2. The zero-order valence-corrected chi connectivity index (χ0v) is 13.9. The number of anilines is 1. The van der Waals surface area contributed by atoms with Crippen LogP contribution in [0.5, 0.6) is 0 Å². The van der Waals surface area contributed by atoms with Gasteiger partial charge in [-0.2, -0.15) is 5.10 Å². The van der Waals surface area contributed by atoms with E-state index in [4.69, 9.17) is 4.42 Å². The molecule has 2 rings (SSSR count). The molecule has 1 heterocycles. The predicted octanol–water partition coefficient (Wildman–Crippen LogP) is 2.78. The van der Waals surface area contributed by atoms with Crippen molar-refractivity contribution in [3.05, 3.63) is 56.2 Å². The number of hydrogen-bond donors (Lipinski definition) is 1. The van der Waals surface area contributed by atoms with E-state index in [2.05, 4.69) is 26.5 Å². The van der Waals surface area contributed by atoms with Gasteiger partial charge in [-0.3, -0.25) is 14.9 Å². The SMILES string of the molecule is CN(C)c1oc(C=NNC(=O)c2ccc([N+](=O)[O-])cc2)cc1Br. The first-order chi connectivity index (χ1) is 10.9. The minimum Gasteiger partial charge on any atom is -0.438 e. The number of rotatable bonds is 5. The van der Waals surface area contributed by atoms with Crippen LogP contribution < -0.4 is 10.3 Å². The third kappa shape index (κ3) is 4.16. The number of carbonyl (C=O) groups is 1. The van der Waals surface area contributed by atoms with Gasteiger partial charge in [0.1, 0.15) is 0 Å². The lowest BCUT2D eigenvalue weighted by Crippen LogP contribution is -2.17. The molecule has 1 amide bonds. The smallest absolute Gasteiger partial charge is 0.271 e. The number of nitro benzene ring substituents is 1. The monoisotopic (exact) mass is 380 g/mol. The van der Waals surface area contributed by atoms with Crippen LogP contribution in [0.15, 0.2) is 44.3 Å². The van der Waals surface area contributed by atoms with Crippen molar-refractivity contribution in [3.8, 4) is 0 Å².